The van der Waals surface area contributed by atoms with Gasteiger partial charge in [0.1, 0.15) is 12.0 Å². The van der Waals surface area contributed by atoms with E-state index in [1.54, 1.807) is 24.3 Å². The van der Waals surface area contributed by atoms with E-state index in [2.05, 4.69) is 5.32 Å². The number of nitrogens with zero attached hydrogens (tertiary/aromatic N) is 1. The molecule has 0 aromatic heterocycles. The molecule has 0 unspecified atom stereocenters. The number of carbonyl (C=O) groups excluding carboxylic acids is 4. The molecule has 1 N–H and O–H groups in total. The van der Waals surface area contributed by atoms with Gasteiger partial charge in [0, 0.05) is 18.3 Å². The Morgan fingerprint density at radius 2 is 1.63 bits per heavy atom. The Hall–Kier alpha value is -3.68. The van der Waals surface area contributed by atoms with Crippen molar-refractivity contribution in [1.82, 2.24) is 4.90 Å². The highest BCUT2D eigenvalue weighted by molar-refractivity contribution is 5.96. The summed E-state index contributed by atoms with van der Waals surface area (Å²) < 4.78 is 10.1. The van der Waals surface area contributed by atoms with E-state index in [-0.39, 0.29) is 19.1 Å². The summed E-state index contributed by atoms with van der Waals surface area (Å²) in [5, 5.41) is 2.79. The summed E-state index contributed by atoms with van der Waals surface area (Å²) in [5.41, 5.74) is 3.05. The van der Waals surface area contributed by atoms with Crippen LogP contribution in [0.2, 0.25) is 0 Å². The van der Waals surface area contributed by atoms with Gasteiger partial charge in [-0.15, -0.1) is 0 Å². The SMILES string of the molecule is Cc1cccc(C)c1NC(=O)CN(C)C(=O)COC(=O)COc1ccc(C=O)cc1. The second-order valence-electron chi connectivity index (χ2n) is 6.70. The molecule has 2 rings (SSSR count). The van der Waals surface area contributed by atoms with Crippen molar-refractivity contribution in [2.45, 2.75) is 13.8 Å². The predicted molar refractivity (Wildman–Crippen MR) is 110 cm³/mol. The smallest absolute Gasteiger partial charge is 0.344 e. The van der Waals surface area contributed by atoms with Crippen LogP contribution in [0.15, 0.2) is 42.5 Å². The molecule has 2 amide bonds. The van der Waals surface area contributed by atoms with Crippen molar-refractivity contribution in [2.75, 3.05) is 32.1 Å². The van der Waals surface area contributed by atoms with Crippen LogP contribution in [0.4, 0.5) is 5.69 Å². The van der Waals surface area contributed by atoms with Crippen molar-refractivity contribution in [1.29, 1.82) is 0 Å². The number of esters is 1. The van der Waals surface area contributed by atoms with Crippen LogP contribution in [-0.2, 0) is 19.1 Å². The third-order valence-corrected chi connectivity index (χ3v) is 4.28. The first-order valence-corrected chi connectivity index (χ1v) is 9.24. The fourth-order valence-corrected chi connectivity index (χ4v) is 2.57. The van der Waals surface area contributed by atoms with Gasteiger partial charge in [0.25, 0.3) is 5.91 Å². The largest absolute Gasteiger partial charge is 0.482 e. The maximum atomic E-state index is 12.2. The first-order chi connectivity index (χ1) is 14.3. The van der Waals surface area contributed by atoms with Gasteiger partial charge in [0.05, 0.1) is 6.54 Å². The number of ether oxygens (including phenoxy) is 2. The number of likely N-dealkylation sites (N-methyl/N-ethyl adjacent to an activating group) is 1. The molecule has 0 atom stereocenters. The molecular weight excluding hydrogens is 388 g/mol. The average molecular weight is 412 g/mol. The Labute approximate surface area is 174 Å². The van der Waals surface area contributed by atoms with E-state index in [0.29, 0.717) is 23.3 Å². The zero-order valence-electron chi connectivity index (χ0n) is 17.1. The molecule has 158 valence electrons. The van der Waals surface area contributed by atoms with Crippen LogP contribution < -0.4 is 10.1 Å². The van der Waals surface area contributed by atoms with E-state index in [0.717, 1.165) is 11.1 Å². The first kappa shape index (κ1) is 22.6. The Kier molecular flexibility index (Phi) is 8.10. The number of anilines is 1. The van der Waals surface area contributed by atoms with Crippen LogP contribution in [0.25, 0.3) is 0 Å². The van der Waals surface area contributed by atoms with Gasteiger partial charge in [-0.1, -0.05) is 18.2 Å². The van der Waals surface area contributed by atoms with E-state index in [1.165, 1.54) is 11.9 Å². The lowest BCUT2D eigenvalue weighted by atomic mass is 10.1. The minimum atomic E-state index is -0.726. The summed E-state index contributed by atoms with van der Waals surface area (Å²) in [6.45, 7) is 2.71. The molecule has 8 heteroatoms. The van der Waals surface area contributed by atoms with Crippen LogP contribution in [-0.4, -0.2) is 55.8 Å². The second kappa shape index (κ2) is 10.8. The van der Waals surface area contributed by atoms with Crippen LogP contribution in [0.5, 0.6) is 5.75 Å². The van der Waals surface area contributed by atoms with Gasteiger partial charge in [0.2, 0.25) is 5.91 Å². The third-order valence-electron chi connectivity index (χ3n) is 4.28. The Balaban J connectivity index is 1.74. The van der Waals surface area contributed by atoms with Crippen LogP contribution in [0, 0.1) is 13.8 Å². The van der Waals surface area contributed by atoms with Gasteiger partial charge in [-0.2, -0.15) is 0 Å². The molecule has 0 heterocycles. The Morgan fingerprint density at radius 1 is 1.00 bits per heavy atom. The van der Waals surface area contributed by atoms with Crippen molar-refractivity contribution < 1.29 is 28.7 Å². The fraction of sp³-hybridized carbons (Fsp3) is 0.273. The minimum absolute atomic E-state index is 0.177. The number of benzene rings is 2. The second-order valence-corrected chi connectivity index (χ2v) is 6.70. The first-order valence-electron chi connectivity index (χ1n) is 9.24. The Bertz CT molecular complexity index is 903. The van der Waals surface area contributed by atoms with Gasteiger partial charge >= 0.3 is 5.97 Å². The molecule has 0 saturated carbocycles. The highest BCUT2D eigenvalue weighted by Crippen LogP contribution is 2.19. The van der Waals surface area contributed by atoms with Gasteiger partial charge in [-0.3, -0.25) is 14.4 Å². The number of aryl methyl sites for hydroxylation is 2. The number of hydrogen-bond acceptors (Lipinski definition) is 6. The van der Waals surface area contributed by atoms with E-state index >= 15 is 0 Å². The highest BCUT2D eigenvalue weighted by atomic mass is 16.6. The van der Waals surface area contributed by atoms with Gasteiger partial charge in [-0.25, -0.2) is 4.79 Å². The monoisotopic (exact) mass is 412 g/mol. The summed E-state index contributed by atoms with van der Waals surface area (Å²) in [7, 11) is 1.45. The molecule has 0 bridgehead atoms. The summed E-state index contributed by atoms with van der Waals surface area (Å²) in [6.07, 6.45) is 0.697. The molecule has 8 nitrogen and oxygen atoms in total. The lowest BCUT2D eigenvalue weighted by molar-refractivity contribution is -0.153. The van der Waals surface area contributed by atoms with E-state index < -0.39 is 18.5 Å². The van der Waals surface area contributed by atoms with E-state index in [4.69, 9.17) is 9.47 Å². The van der Waals surface area contributed by atoms with Crippen molar-refractivity contribution in [3.05, 3.63) is 59.2 Å². The number of nitrogens with one attached hydrogen (secondary N) is 1. The molecule has 0 saturated heterocycles. The standard InChI is InChI=1S/C22H24N2O6/c1-15-5-4-6-16(2)22(15)23-19(26)11-24(3)20(27)13-30-21(28)14-29-18-9-7-17(12-25)8-10-18/h4-10,12H,11,13-14H2,1-3H3,(H,23,26). The highest BCUT2D eigenvalue weighted by Gasteiger charge is 2.16. The number of para-hydroxylation sites is 1. The molecule has 0 spiro atoms. The van der Waals surface area contributed by atoms with E-state index in [1.807, 2.05) is 32.0 Å². The minimum Gasteiger partial charge on any atom is -0.482 e. The lowest BCUT2D eigenvalue weighted by Crippen LogP contribution is -2.38. The molecule has 2 aromatic carbocycles. The number of aldehydes is 1. The van der Waals surface area contributed by atoms with Gasteiger partial charge in [-0.05, 0) is 49.2 Å². The van der Waals surface area contributed by atoms with Crippen LogP contribution >= 0.6 is 0 Å². The number of amides is 2. The molecule has 0 aliphatic carbocycles. The van der Waals surface area contributed by atoms with Crippen molar-refractivity contribution in [2.24, 2.45) is 0 Å². The van der Waals surface area contributed by atoms with Crippen molar-refractivity contribution in [3.63, 3.8) is 0 Å². The third kappa shape index (κ3) is 6.73. The summed E-state index contributed by atoms with van der Waals surface area (Å²) >= 11 is 0. The molecule has 0 radical (unpaired) electrons. The molecule has 30 heavy (non-hydrogen) atoms. The molecule has 2 aromatic rings. The molecule has 0 aliphatic heterocycles. The van der Waals surface area contributed by atoms with Crippen molar-refractivity contribution >= 4 is 29.8 Å². The van der Waals surface area contributed by atoms with Crippen LogP contribution in [0.3, 0.4) is 0 Å². The zero-order chi connectivity index (χ0) is 22.1. The quantitative estimate of drug-likeness (QED) is 0.500. The maximum Gasteiger partial charge on any atom is 0.344 e. The lowest BCUT2D eigenvalue weighted by Gasteiger charge is -2.18. The van der Waals surface area contributed by atoms with E-state index in [9.17, 15) is 19.2 Å². The van der Waals surface area contributed by atoms with Gasteiger partial charge in [0.15, 0.2) is 13.2 Å². The van der Waals surface area contributed by atoms with Gasteiger partial charge < -0.3 is 19.7 Å². The summed E-state index contributed by atoms with van der Waals surface area (Å²) in [5.74, 6) is -1.20. The summed E-state index contributed by atoms with van der Waals surface area (Å²) in [6, 6.07) is 11.9. The molecular formula is C22H24N2O6. The number of carbonyl (C=O) groups is 4. The molecule has 0 fully saturated rings. The van der Waals surface area contributed by atoms with Crippen molar-refractivity contribution in [3.8, 4) is 5.75 Å². The fourth-order valence-electron chi connectivity index (χ4n) is 2.57. The average Bonchev–Trinajstić information content (AvgIpc) is 2.73. The normalized spacial score (nSPS) is 10.1. The molecule has 0 aliphatic rings. The summed E-state index contributed by atoms with van der Waals surface area (Å²) in [4.78, 5) is 47.9. The number of hydrogen-bond donors (Lipinski definition) is 1. The zero-order valence-corrected chi connectivity index (χ0v) is 17.1. The topological polar surface area (TPSA) is 102 Å². The van der Waals surface area contributed by atoms with Crippen LogP contribution in [0.1, 0.15) is 21.5 Å². The number of rotatable bonds is 9. The Morgan fingerprint density at radius 3 is 2.23 bits per heavy atom. The maximum absolute atomic E-state index is 12.2. The predicted octanol–water partition coefficient (Wildman–Crippen LogP) is 2.14.